The van der Waals surface area contributed by atoms with Crippen molar-refractivity contribution < 1.29 is 9.63 Å². The Bertz CT molecular complexity index is 360. The van der Waals surface area contributed by atoms with Crippen molar-refractivity contribution in [2.24, 2.45) is 10.9 Å². The third-order valence-corrected chi connectivity index (χ3v) is 2.07. The van der Waals surface area contributed by atoms with Crippen molar-refractivity contribution in [1.29, 1.82) is 0 Å². The van der Waals surface area contributed by atoms with Gasteiger partial charge in [-0.2, -0.15) is 0 Å². The van der Waals surface area contributed by atoms with Gasteiger partial charge in [0.05, 0.1) is 5.71 Å². The molecule has 4 heteroatoms. The highest BCUT2D eigenvalue weighted by Crippen LogP contribution is 2.16. The van der Waals surface area contributed by atoms with Crippen LogP contribution in [-0.2, 0) is 9.63 Å². The van der Waals surface area contributed by atoms with E-state index < -0.39 is 11.8 Å². The fraction of sp³-hybridized carbons (Fsp3) is 0.273. The Balaban J connectivity index is 3.04. The zero-order valence-electron chi connectivity index (χ0n) is 8.81. The molecule has 0 aromatic heterocycles. The molecule has 4 nitrogen and oxygen atoms in total. The zero-order chi connectivity index (χ0) is 11.3. The summed E-state index contributed by atoms with van der Waals surface area (Å²) in [6.45, 7) is 1.71. The summed E-state index contributed by atoms with van der Waals surface area (Å²) in [5.74, 6) is -0.953. The van der Waals surface area contributed by atoms with Crippen LogP contribution in [0.5, 0.6) is 0 Å². The highest BCUT2D eigenvalue weighted by atomic mass is 16.6. The number of benzene rings is 1. The summed E-state index contributed by atoms with van der Waals surface area (Å²) >= 11 is 0. The molecule has 0 spiro atoms. The second-order valence-electron chi connectivity index (χ2n) is 3.16. The number of nitrogens with two attached hydrogens (primary N) is 1. The molecule has 1 atom stereocenters. The normalized spacial score (nSPS) is 13.3. The van der Waals surface area contributed by atoms with Crippen molar-refractivity contribution in [3.63, 3.8) is 0 Å². The first kappa shape index (κ1) is 11.2. The van der Waals surface area contributed by atoms with Crippen LogP contribution in [0.4, 0.5) is 0 Å². The van der Waals surface area contributed by atoms with Gasteiger partial charge in [-0.1, -0.05) is 35.5 Å². The van der Waals surface area contributed by atoms with E-state index >= 15 is 0 Å². The van der Waals surface area contributed by atoms with Gasteiger partial charge in [0.25, 0.3) is 0 Å². The van der Waals surface area contributed by atoms with Gasteiger partial charge < -0.3 is 10.6 Å². The van der Waals surface area contributed by atoms with E-state index in [1.54, 1.807) is 6.92 Å². The van der Waals surface area contributed by atoms with Gasteiger partial charge in [0.2, 0.25) is 5.91 Å². The minimum Gasteiger partial charge on any atom is -0.399 e. The Morgan fingerprint density at radius 2 is 2.00 bits per heavy atom. The summed E-state index contributed by atoms with van der Waals surface area (Å²) in [4.78, 5) is 15.9. The SMILES string of the molecule is CO/N=C(\C)C(C(N)=O)c1ccccc1. The van der Waals surface area contributed by atoms with Gasteiger partial charge in [-0.25, -0.2) is 0 Å². The van der Waals surface area contributed by atoms with E-state index in [0.29, 0.717) is 5.71 Å². The predicted octanol–water partition coefficient (Wildman–Crippen LogP) is 1.28. The van der Waals surface area contributed by atoms with Crippen molar-refractivity contribution in [2.75, 3.05) is 7.11 Å². The van der Waals surface area contributed by atoms with Crippen molar-refractivity contribution in [3.05, 3.63) is 35.9 Å². The molecule has 0 heterocycles. The maximum atomic E-state index is 11.3. The van der Waals surface area contributed by atoms with Crippen LogP contribution < -0.4 is 5.73 Å². The molecule has 1 amide bonds. The largest absolute Gasteiger partial charge is 0.399 e. The van der Waals surface area contributed by atoms with Gasteiger partial charge in [-0.15, -0.1) is 0 Å². The van der Waals surface area contributed by atoms with Gasteiger partial charge in [-0.05, 0) is 12.5 Å². The predicted molar refractivity (Wildman–Crippen MR) is 58.5 cm³/mol. The van der Waals surface area contributed by atoms with Crippen LogP contribution in [0.3, 0.4) is 0 Å². The number of nitrogens with zero attached hydrogens (tertiary/aromatic N) is 1. The zero-order valence-corrected chi connectivity index (χ0v) is 8.81. The molecule has 80 valence electrons. The van der Waals surface area contributed by atoms with Crippen molar-refractivity contribution in [3.8, 4) is 0 Å². The molecule has 0 aliphatic heterocycles. The van der Waals surface area contributed by atoms with Gasteiger partial charge in [0, 0.05) is 0 Å². The number of carbonyl (C=O) groups is 1. The van der Waals surface area contributed by atoms with Crippen LogP contribution in [0.15, 0.2) is 35.5 Å². The number of amides is 1. The first-order chi connectivity index (χ1) is 7.16. The Morgan fingerprint density at radius 1 is 1.40 bits per heavy atom. The van der Waals surface area contributed by atoms with Crippen LogP contribution >= 0.6 is 0 Å². The maximum absolute atomic E-state index is 11.3. The average molecular weight is 206 g/mol. The van der Waals surface area contributed by atoms with Crippen LogP contribution in [0, 0.1) is 0 Å². The van der Waals surface area contributed by atoms with Crippen molar-refractivity contribution in [1.82, 2.24) is 0 Å². The lowest BCUT2D eigenvalue weighted by atomic mass is 9.94. The highest BCUT2D eigenvalue weighted by Gasteiger charge is 2.21. The fourth-order valence-corrected chi connectivity index (χ4v) is 1.45. The molecule has 0 saturated heterocycles. The number of hydrogen-bond donors (Lipinski definition) is 1. The smallest absolute Gasteiger partial charge is 0.230 e. The van der Waals surface area contributed by atoms with Crippen molar-refractivity contribution >= 4 is 11.6 Å². The first-order valence-electron chi connectivity index (χ1n) is 4.58. The molecular formula is C11H14N2O2. The minimum absolute atomic E-state index is 0.431. The van der Waals surface area contributed by atoms with E-state index in [2.05, 4.69) is 9.99 Å². The van der Waals surface area contributed by atoms with E-state index in [4.69, 9.17) is 5.73 Å². The molecule has 0 aliphatic carbocycles. The van der Waals surface area contributed by atoms with Crippen LogP contribution in [0.25, 0.3) is 0 Å². The lowest BCUT2D eigenvalue weighted by molar-refractivity contribution is -0.118. The molecule has 0 aliphatic rings. The molecular weight excluding hydrogens is 192 g/mol. The topological polar surface area (TPSA) is 64.7 Å². The molecule has 0 radical (unpaired) electrons. The second-order valence-corrected chi connectivity index (χ2v) is 3.16. The number of oxime groups is 1. The van der Waals surface area contributed by atoms with Crippen LogP contribution in [0.1, 0.15) is 18.4 Å². The fourth-order valence-electron chi connectivity index (χ4n) is 1.45. The Labute approximate surface area is 88.7 Å². The number of hydrogen-bond acceptors (Lipinski definition) is 3. The monoisotopic (exact) mass is 206 g/mol. The Kier molecular flexibility index (Phi) is 3.85. The molecule has 2 N–H and O–H groups in total. The summed E-state index contributed by atoms with van der Waals surface area (Å²) in [5.41, 5.74) is 6.70. The van der Waals surface area contributed by atoms with Crippen LogP contribution in [-0.4, -0.2) is 18.7 Å². The molecule has 0 fully saturated rings. The Hall–Kier alpha value is -1.84. The molecule has 15 heavy (non-hydrogen) atoms. The van der Waals surface area contributed by atoms with E-state index in [9.17, 15) is 4.79 Å². The summed E-state index contributed by atoms with van der Waals surface area (Å²) < 4.78 is 0. The minimum atomic E-state index is -0.522. The van der Waals surface area contributed by atoms with Gasteiger partial charge in [0.1, 0.15) is 13.0 Å². The molecule has 1 rings (SSSR count). The molecule has 1 aromatic rings. The van der Waals surface area contributed by atoms with Gasteiger partial charge in [0.15, 0.2) is 0 Å². The third-order valence-electron chi connectivity index (χ3n) is 2.07. The standard InChI is InChI=1S/C11H14N2O2/c1-8(13-15-2)10(11(12)14)9-6-4-3-5-7-9/h3-7,10H,1-2H3,(H2,12,14)/b13-8+. The molecule has 0 bridgehead atoms. The highest BCUT2D eigenvalue weighted by molar-refractivity contribution is 6.07. The lowest BCUT2D eigenvalue weighted by Crippen LogP contribution is -2.27. The Morgan fingerprint density at radius 3 is 2.47 bits per heavy atom. The van der Waals surface area contributed by atoms with Crippen molar-refractivity contribution in [2.45, 2.75) is 12.8 Å². The van der Waals surface area contributed by atoms with E-state index in [1.165, 1.54) is 7.11 Å². The first-order valence-corrected chi connectivity index (χ1v) is 4.58. The van der Waals surface area contributed by atoms with Gasteiger partial charge >= 0.3 is 0 Å². The van der Waals surface area contributed by atoms with E-state index in [0.717, 1.165) is 5.56 Å². The summed E-state index contributed by atoms with van der Waals surface area (Å²) in [6, 6.07) is 9.26. The second kappa shape index (κ2) is 5.14. The van der Waals surface area contributed by atoms with E-state index in [1.807, 2.05) is 30.3 Å². The lowest BCUT2D eigenvalue weighted by Gasteiger charge is -2.12. The molecule has 1 unspecified atom stereocenters. The maximum Gasteiger partial charge on any atom is 0.230 e. The number of rotatable bonds is 4. The molecule has 0 saturated carbocycles. The van der Waals surface area contributed by atoms with E-state index in [-0.39, 0.29) is 0 Å². The summed E-state index contributed by atoms with van der Waals surface area (Å²) in [6.07, 6.45) is 0. The number of primary amides is 1. The van der Waals surface area contributed by atoms with Gasteiger partial charge in [-0.3, -0.25) is 4.79 Å². The quantitative estimate of drug-likeness (QED) is 0.595. The summed E-state index contributed by atoms with van der Waals surface area (Å²) in [7, 11) is 1.44. The van der Waals surface area contributed by atoms with Crippen LogP contribution in [0.2, 0.25) is 0 Å². The summed E-state index contributed by atoms with van der Waals surface area (Å²) in [5, 5.41) is 3.74. The average Bonchev–Trinajstić information content (AvgIpc) is 2.19. The third kappa shape index (κ3) is 2.80. The number of carbonyl (C=O) groups excluding carboxylic acids is 1. The molecule has 1 aromatic carbocycles.